The van der Waals surface area contributed by atoms with Gasteiger partial charge in [0.15, 0.2) is 9.84 Å². The molecule has 3 atom stereocenters. The Morgan fingerprint density at radius 1 is 1.20 bits per heavy atom. The van der Waals surface area contributed by atoms with Gasteiger partial charge in [0.1, 0.15) is 0 Å². The van der Waals surface area contributed by atoms with Crippen molar-refractivity contribution >= 4 is 15.7 Å². The van der Waals surface area contributed by atoms with Gasteiger partial charge < -0.3 is 9.64 Å². The zero-order chi connectivity index (χ0) is 17.9. The fraction of sp³-hybridized carbons (Fsp3) is 0.944. The monoisotopic (exact) mass is 372 g/mol. The molecule has 0 aromatic carbocycles. The van der Waals surface area contributed by atoms with E-state index in [0.717, 1.165) is 45.3 Å². The predicted octanol–water partition coefficient (Wildman–Crippen LogP) is 1.45. The minimum Gasteiger partial charge on any atom is -0.376 e. The maximum atomic E-state index is 13.1. The Balaban J connectivity index is 1.67. The summed E-state index contributed by atoms with van der Waals surface area (Å²) >= 11 is 0. The topological polar surface area (TPSA) is 66.9 Å². The molecule has 7 heteroatoms. The number of ether oxygens (including phenoxy) is 1. The molecule has 6 nitrogen and oxygen atoms in total. The Morgan fingerprint density at radius 3 is 2.68 bits per heavy atom. The van der Waals surface area contributed by atoms with Gasteiger partial charge >= 0.3 is 0 Å². The number of hydrogen-bond donors (Lipinski definition) is 0. The normalized spacial score (nSPS) is 32.8. The first-order chi connectivity index (χ1) is 12.0. The molecule has 3 saturated heterocycles. The minimum absolute atomic E-state index is 0.0654. The second-order valence-corrected chi connectivity index (χ2v) is 10.00. The average Bonchev–Trinajstić information content (AvgIpc) is 3.22. The van der Waals surface area contributed by atoms with Crippen molar-refractivity contribution in [3.8, 4) is 0 Å². The molecule has 0 bridgehead atoms. The van der Waals surface area contributed by atoms with E-state index in [-0.39, 0.29) is 29.6 Å². The number of amides is 1. The van der Waals surface area contributed by atoms with E-state index in [1.807, 2.05) is 4.90 Å². The molecule has 0 saturated carbocycles. The molecule has 144 valence electrons. The van der Waals surface area contributed by atoms with E-state index < -0.39 is 9.84 Å². The lowest BCUT2D eigenvalue weighted by Crippen LogP contribution is -2.51. The molecule has 0 N–H and O–H groups in total. The van der Waals surface area contributed by atoms with Crippen LogP contribution in [0.1, 0.15) is 51.9 Å². The van der Waals surface area contributed by atoms with E-state index in [0.29, 0.717) is 25.6 Å². The Morgan fingerprint density at radius 2 is 2.04 bits per heavy atom. The van der Waals surface area contributed by atoms with E-state index in [1.54, 1.807) is 0 Å². The van der Waals surface area contributed by atoms with Gasteiger partial charge in [0.05, 0.1) is 24.2 Å². The largest absolute Gasteiger partial charge is 0.376 e. The van der Waals surface area contributed by atoms with Crippen molar-refractivity contribution in [3.63, 3.8) is 0 Å². The highest BCUT2D eigenvalue weighted by Gasteiger charge is 2.37. The fourth-order valence-electron chi connectivity index (χ4n) is 4.48. The molecule has 0 radical (unpaired) electrons. The predicted molar refractivity (Wildman–Crippen MR) is 97.2 cm³/mol. The quantitative estimate of drug-likeness (QED) is 0.706. The van der Waals surface area contributed by atoms with Crippen LogP contribution in [0.4, 0.5) is 0 Å². The minimum atomic E-state index is -3.00. The molecule has 0 aromatic rings. The average molecular weight is 373 g/mol. The summed E-state index contributed by atoms with van der Waals surface area (Å²) in [5.74, 6) is 0.398. The van der Waals surface area contributed by atoms with Gasteiger partial charge in [-0.25, -0.2) is 8.42 Å². The molecule has 3 aliphatic rings. The first-order valence-electron chi connectivity index (χ1n) is 9.84. The highest BCUT2D eigenvalue weighted by atomic mass is 32.2. The molecular weight excluding hydrogens is 340 g/mol. The van der Waals surface area contributed by atoms with Crippen molar-refractivity contribution in [2.75, 3.05) is 37.7 Å². The number of rotatable bonds is 6. The van der Waals surface area contributed by atoms with Crippen molar-refractivity contribution in [3.05, 3.63) is 0 Å². The third-order valence-electron chi connectivity index (χ3n) is 5.95. The Labute approximate surface area is 151 Å². The van der Waals surface area contributed by atoms with Gasteiger partial charge in [-0.2, -0.15) is 0 Å². The number of sulfone groups is 1. The third kappa shape index (κ3) is 4.95. The first-order valence-corrected chi connectivity index (χ1v) is 11.7. The second kappa shape index (κ2) is 8.35. The van der Waals surface area contributed by atoms with E-state index in [9.17, 15) is 13.2 Å². The summed E-state index contributed by atoms with van der Waals surface area (Å²) in [5, 5.41) is 0. The number of carbonyl (C=O) groups is 1. The number of nitrogens with zero attached hydrogens (tertiary/aromatic N) is 2. The van der Waals surface area contributed by atoms with Gasteiger partial charge in [-0.3, -0.25) is 9.69 Å². The van der Waals surface area contributed by atoms with Crippen LogP contribution < -0.4 is 0 Å². The van der Waals surface area contributed by atoms with Crippen LogP contribution in [0.2, 0.25) is 0 Å². The van der Waals surface area contributed by atoms with Crippen molar-refractivity contribution < 1.29 is 17.9 Å². The summed E-state index contributed by atoms with van der Waals surface area (Å²) in [6.07, 6.45) is 7.24. The van der Waals surface area contributed by atoms with Crippen LogP contribution in [0.5, 0.6) is 0 Å². The molecule has 0 aliphatic carbocycles. The highest BCUT2D eigenvalue weighted by molar-refractivity contribution is 7.91. The standard InChI is InChI=1S/C18H32N2O4S/c1-2-15-6-3-4-9-19(15)13-18(21)20(12-17-7-5-10-24-17)16-8-11-25(22,23)14-16/h15-17H,2-14H2,1H3/t15-,16+,17+/m1/s1. The third-order valence-corrected chi connectivity index (χ3v) is 7.70. The molecule has 3 aliphatic heterocycles. The number of likely N-dealkylation sites (tertiary alicyclic amines) is 1. The zero-order valence-corrected chi connectivity index (χ0v) is 16.2. The summed E-state index contributed by atoms with van der Waals surface area (Å²) in [7, 11) is -3.00. The van der Waals surface area contributed by atoms with Crippen molar-refractivity contribution in [1.29, 1.82) is 0 Å². The second-order valence-electron chi connectivity index (χ2n) is 7.77. The van der Waals surface area contributed by atoms with Gasteiger partial charge in [0, 0.05) is 25.2 Å². The summed E-state index contributed by atoms with van der Waals surface area (Å²) in [4.78, 5) is 17.2. The molecular formula is C18H32N2O4S. The summed E-state index contributed by atoms with van der Waals surface area (Å²) in [6.45, 7) is 4.87. The van der Waals surface area contributed by atoms with E-state index in [2.05, 4.69) is 11.8 Å². The van der Waals surface area contributed by atoms with Crippen molar-refractivity contribution in [2.45, 2.75) is 70.1 Å². The number of piperidine rings is 1. The molecule has 3 rings (SSSR count). The van der Waals surface area contributed by atoms with E-state index in [4.69, 9.17) is 4.74 Å². The maximum Gasteiger partial charge on any atom is 0.237 e. The molecule has 0 aromatic heterocycles. The van der Waals surface area contributed by atoms with Crippen LogP contribution in [0.3, 0.4) is 0 Å². The van der Waals surface area contributed by atoms with Crippen LogP contribution in [-0.4, -0.2) is 80.1 Å². The van der Waals surface area contributed by atoms with Gasteiger partial charge in [0.2, 0.25) is 5.91 Å². The van der Waals surface area contributed by atoms with Crippen molar-refractivity contribution in [2.24, 2.45) is 0 Å². The van der Waals surface area contributed by atoms with Crippen LogP contribution in [0, 0.1) is 0 Å². The van der Waals surface area contributed by atoms with Crippen LogP contribution >= 0.6 is 0 Å². The van der Waals surface area contributed by atoms with Crippen molar-refractivity contribution in [1.82, 2.24) is 9.80 Å². The lowest BCUT2D eigenvalue weighted by Gasteiger charge is -2.37. The Bertz CT molecular complexity index is 559. The van der Waals surface area contributed by atoms with Gasteiger partial charge in [-0.05, 0) is 45.1 Å². The fourth-order valence-corrected chi connectivity index (χ4v) is 6.21. The van der Waals surface area contributed by atoms with Gasteiger partial charge in [0.25, 0.3) is 0 Å². The summed E-state index contributed by atoms with van der Waals surface area (Å²) in [6, 6.07) is 0.307. The Kier molecular flexibility index (Phi) is 6.39. The molecule has 3 fully saturated rings. The van der Waals surface area contributed by atoms with Gasteiger partial charge in [-0.1, -0.05) is 13.3 Å². The number of hydrogen-bond acceptors (Lipinski definition) is 5. The zero-order valence-electron chi connectivity index (χ0n) is 15.4. The first kappa shape index (κ1) is 19.1. The number of carbonyl (C=O) groups excluding carboxylic acids is 1. The smallest absolute Gasteiger partial charge is 0.237 e. The maximum absolute atomic E-state index is 13.1. The van der Waals surface area contributed by atoms with Gasteiger partial charge in [-0.15, -0.1) is 0 Å². The lowest BCUT2D eigenvalue weighted by molar-refractivity contribution is -0.137. The Hall–Kier alpha value is -0.660. The molecule has 25 heavy (non-hydrogen) atoms. The summed E-state index contributed by atoms with van der Waals surface area (Å²) < 4.78 is 29.5. The van der Waals surface area contributed by atoms with Crippen LogP contribution in [0.25, 0.3) is 0 Å². The van der Waals surface area contributed by atoms with E-state index >= 15 is 0 Å². The summed E-state index contributed by atoms with van der Waals surface area (Å²) in [5.41, 5.74) is 0. The molecule has 0 unspecified atom stereocenters. The molecule has 3 heterocycles. The van der Waals surface area contributed by atoms with E-state index in [1.165, 1.54) is 6.42 Å². The lowest BCUT2D eigenvalue weighted by atomic mass is 10.00. The molecule has 1 amide bonds. The van der Waals surface area contributed by atoms with Crippen LogP contribution in [-0.2, 0) is 19.4 Å². The highest BCUT2D eigenvalue weighted by Crippen LogP contribution is 2.23. The molecule has 0 spiro atoms. The SMILES string of the molecule is CC[C@@H]1CCCCN1CC(=O)N(C[C@@H]1CCCO1)[C@H]1CCS(=O)(=O)C1. The van der Waals surface area contributed by atoms with Crippen LogP contribution in [0.15, 0.2) is 0 Å².